The van der Waals surface area contributed by atoms with Gasteiger partial charge in [0.25, 0.3) is 0 Å². The molecule has 0 saturated carbocycles. The van der Waals surface area contributed by atoms with Gasteiger partial charge < -0.3 is 23.8 Å². The highest BCUT2D eigenvalue weighted by molar-refractivity contribution is 5.49. The Morgan fingerprint density at radius 3 is 2.10 bits per heavy atom. The molecule has 30 heavy (non-hydrogen) atoms. The van der Waals surface area contributed by atoms with E-state index in [-0.39, 0.29) is 17.5 Å². The van der Waals surface area contributed by atoms with Gasteiger partial charge in [0, 0.05) is 31.6 Å². The Balaban J connectivity index is 1.23. The van der Waals surface area contributed by atoms with Gasteiger partial charge in [0.2, 0.25) is 0 Å². The van der Waals surface area contributed by atoms with Crippen LogP contribution in [0, 0.1) is 0 Å². The van der Waals surface area contributed by atoms with E-state index in [9.17, 15) is 13.2 Å². The summed E-state index contributed by atoms with van der Waals surface area (Å²) in [6.45, 7) is 5.00. The summed E-state index contributed by atoms with van der Waals surface area (Å²) in [5.41, 5.74) is 0.995. The zero-order valence-electron chi connectivity index (χ0n) is 16.7. The molecule has 2 fully saturated rings. The quantitative estimate of drug-likeness (QED) is 0.599. The van der Waals surface area contributed by atoms with Gasteiger partial charge in [-0.05, 0) is 55.5 Å². The number of halogens is 3. The Bertz CT molecular complexity index is 827. The average Bonchev–Trinajstić information content (AvgIpc) is 3.46. The van der Waals surface area contributed by atoms with Gasteiger partial charge in [-0.1, -0.05) is 0 Å². The van der Waals surface area contributed by atoms with Crippen molar-refractivity contribution in [3.05, 3.63) is 48.5 Å². The molecule has 0 N–H and O–H groups in total. The van der Waals surface area contributed by atoms with Crippen molar-refractivity contribution in [2.75, 3.05) is 31.2 Å². The minimum atomic E-state index is -4.69. The average molecular weight is 423 g/mol. The van der Waals surface area contributed by atoms with E-state index < -0.39 is 6.36 Å². The summed E-state index contributed by atoms with van der Waals surface area (Å²) in [6, 6.07) is 13.5. The summed E-state index contributed by atoms with van der Waals surface area (Å²) in [5, 5.41) is 0. The predicted molar refractivity (Wildman–Crippen MR) is 105 cm³/mol. The lowest BCUT2D eigenvalue weighted by Crippen LogP contribution is -2.38. The minimum Gasteiger partial charge on any atom is -0.491 e. The summed E-state index contributed by atoms with van der Waals surface area (Å²) in [6.07, 6.45) is -3.01. The fourth-order valence-corrected chi connectivity index (χ4v) is 3.34. The largest absolute Gasteiger partial charge is 0.573 e. The number of nitrogens with zero attached hydrogens (tertiary/aromatic N) is 1. The van der Waals surface area contributed by atoms with Gasteiger partial charge >= 0.3 is 6.36 Å². The van der Waals surface area contributed by atoms with E-state index in [1.165, 1.54) is 24.3 Å². The zero-order valence-corrected chi connectivity index (χ0v) is 16.7. The Kier molecular flexibility index (Phi) is 5.69. The molecule has 2 aromatic rings. The van der Waals surface area contributed by atoms with Crippen molar-refractivity contribution in [3.8, 4) is 17.2 Å². The number of piperidine rings is 1. The lowest BCUT2D eigenvalue weighted by Gasteiger charge is -2.33. The maximum Gasteiger partial charge on any atom is 0.573 e. The number of benzene rings is 2. The van der Waals surface area contributed by atoms with Crippen LogP contribution in [-0.4, -0.2) is 44.4 Å². The monoisotopic (exact) mass is 423 g/mol. The molecule has 2 heterocycles. The van der Waals surface area contributed by atoms with Gasteiger partial charge in [-0.2, -0.15) is 0 Å². The van der Waals surface area contributed by atoms with Crippen molar-refractivity contribution >= 4 is 5.69 Å². The van der Waals surface area contributed by atoms with Crippen LogP contribution in [0.3, 0.4) is 0 Å². The Hall–Kier alpha value is -2.61. The number of anilines is 1. The van der Waals surface area contributed by atoms with Crippen LogP contribution in [0.2, 0.25) is 0 Å². The van der Waals surface area contributed by atoms with Gasteiger partial charge in [-0.3, -0.25) is 0 Å². The molecule has 4 rings (SSSR count). The van der Waals surface area contributed by atoms with E-state index in [1.807, 2.05) is 31.2 Å². The molecular formula is C22H24F3NO4. The summed E-state index contributed by atoms with van der Waals surface area (Å²) in [5.74, 6) is 1.11. The van der Waals surface area contributed by atoms with Crippen LogP contribution in [0.1, 0.15) is 19.8 Å². The van der Waals surface area contributed by atoms with Crippen LogP contribution in [-0.2, 0) is 4.74 Å². The number of ether oxygens (including phenoxy) is 4. The predicted octanol–water partition coefficient (Wildman–Crippen LogP) is 4.80. The Labute approximate surface area is 173 Å². The van der Waals surface area contributed by atoms with Crippen LogP contribution in [0.25, 0.3) is 0 Å². The van der Waals surface area contributed by atoms with Crippen LogP contribution in [0.15, 0.2) is 48.5 Å². The van der Waals surface area contributed by atoms with Crippen LogP contribution < -0.4 is 19.1 Å². The van der Waals surface area contributed by atoms with Crippen molar-refractivity contribution in [3.63, 3.8) is 0 Å². The first-order valence-corrected chi connectivity index (χ1v) is 9.92. The Morgan fingerprint density at radius 1 is 0.967 bits per heavy atom. The molecule has 0 radical (unpaired) electrons. The van der Waals surface area contributed by atoms with Crippen LogP contribution in [0.5, 0.6) is 17.2 Å². The van der Waals surface area contributed by atoms with Crippen molar-refractivity contribution in [2.24, 2.45) is 0 Å². The van der Waals surface area contributed by atoms with Crippen LogP contribution in [0.4, 0.5) is 18.9 Å². The molecule has 0 bridgehead atoms. The van der Waals surface area contributed by atoms with Gasteiger partial charge in [-0.25, -0.2) is 0 Å². The van der Waals surface area contributed by atoms with Gasteiger partial charge in [0.15, 0.2) is 0 Å². The molecule has 1 unspecified atom stereocenters. The molecule has 5 nitrogen and oxygen atoms in total. The maximum atomic E-state index is 12.2. The molecule has 0 aromatic heterocycles. The van der Waals surface area contributed by atoms with E-state index in [0.29, 0.717) is 12.4 Å². The molecule has 0 aliphatic carbocycles. The first kappa shape index (κ1) is 20.7. The fourth-order valence-electron chi connectivity index (χ4n) is 3.34. The minimum absolute atomic E-state index is 0.0255. The maximum absolute atomic E-state index is 12.2. The smallest absolute Gasteiger partial charge is 0.491 e. The normalized spacial score (nSPS) is 21.9. The van der Waals surface area contributed by atoms with Crippen molar-refractivity contribution in [2.45, 2.75) is 37.8 Å². The van der Waals surface area contributed by atoms with E-state index in [2.05, 4.69) is 9.64 Å². The van der Waals surface area contributed by atoms with E-state index in [0.717, 1.165) is 44.0 Å². The highest BCUT2D eigenvalue weighted by Crippen LogP contribution is 2.29. The highest BCUT2D eigenvalue weighted by Gasteiger charge is 2.40. The van der Waals surface area contributed by atoms with Gasteiger partial charge in [0.1, 0.15) is 35.6 Å². The zero-order chi connectivity index (χ0) is 21.2. The van der Waals surface area contributed by atoms with Crippen molar-refractivity contribution in [1.29, 1.82) is 0 Å². The standard InChI is InChI=1S/C22H24F3NO4/c1-21(15-28-21)14-27-17-4-2-16(3-5-17)26-12-10-19(11-13-26)29-18-6-8-20(9-7-18)30-22(23,24)25/h2-9,19H,10-15H2,1H3. The second-order valence-corrected chi connectivity index (χ2v) is 7.84. The molecule has 1 atom stereocenters. The SMILES string of the molecule is CC1(COc2ccc(N3CCC(Oc4ccc(OC(F)(F)F)cc4)CC3)cc2)CO1. The molecular weight excluding hydrogens is 399 g/mol. The third kappa shape index (κ3) is 5.72. The molecule has 8 heteroatoms. The second-order valence-electron chi connectivity index (χ2n) is 7.84. The third-order valence-electron chi connectivity index (χ3n) is 5.19. The number of hydrogen-bond acceptors (Lipinski definition) is 5. The highest BCUT2D eigenvalue weighted by atomic mass is 19.4. The fraction of sp³-hybridized carbons (Fsp3) is 0.455. The lowest BCUT2D eigenvalue weighted by molar-refractivity contribution is -0.274. The topological polar surface area (TPSA) is 43.5 Å². The summed E-state index contributed by atoms with van der Waals surface area (Å²) < 4.78 is 57.6. The first-order valence-electron chi connectivity index (χ1n) is 9.92. The number of epoxide rings is 1. The first-order chi connectivity index (χ1) is 14.3. The molecule has 162 valence electrons. The Morgan fingerprint density at radius 2 is 1.53 bits per heavy atom. The van der Waals surface area contributed by atoms with Crippen molar-refractivity contribution in [1.82, 2.24) is 0 Å². The van der Waals surface area contributed by atoms with E-state index in [1.54, 1.807) is 0 Å². The molecule has 0 amide bonds. The number of alkyl halides is 3. The van der Waals surface area contributed by atoms with E-state index in [4.69, 9.17) is 14.2 Å². The van der Waals surface area contributed by atoms with E-state index >= 15 is 0 Å². The summed E-state index contributed by atoms with van der Waals surface area (Å²) >= 11 is 0. The molecule has 0 spiro atoms. The number of rotatable bonds is 7. The van der Waals surface area contributed by atoms with Gasteiger partial charge in [-0.15, -0.1) is 13.2 Å². The van der Waals surface area contributed by atoms with Crippen LogP contribution >= 0.6 is 0 Å². The molecule has 2 saturated heterocycles. The third-order valence-corrected chi connectivity index (χ3v) is 5.19. The molecule has 2 aliphatic rings. The molecule has 2 aliphatic heterocycles. The summed E-state index contributed by atoms with van der Waals surface area (Å²) in [4.78, 5) is 2.29. The second kappa shape index (κ2) is 8.26. The number of hydrogen-bond donors (Lipinski definition) is 0. The lowest BCUT2D eigenvalue weighted by atomic mass is 10.1. The summed E-state index contributed by atoms with van der Waals surface area (Å²) in [7, 11) is 0. The molecule has 2 aromatic carbocycles. The van der Waals surface area contributed by atoms with Gasteiger partial charge in [0.05, 0.1) is 6.61 Å². The van der Waals surface area contributed by atoms with Crippen molar-refractivity contribution < 1.29 is 32.1 Å².